The maximum atomic E-state index is 13.3. The van der Waals surface area contributed by atoms with Crippen LogP contribution in [0.3, 0.4) is 0 Å². The van der Waals surface area contributed by atoms with Crippen LogP contribution in [-0.2, 0) is 25.0 Å². The average Bonchev–Trinajstić information content (AvgIpc) is 3.60. The number of fused-ring (bicyclic) bond motifs is 1. The number of benzene rings is 1. The fourth-order valence-electron chi connectivity index (χ4n) is 3.74. The summed E-state index contributed by atoms with van der Waals surface area (Å²) in [6, 6.07) is 9.85. The molecule has 1 aliphatic carbocycles. The van der Waals surface area contributed by atoms with Crippen LogP contribution in [0.15, 0.2) is 47.5 Å². The van der Waals surface area contributed by atoms with E-state index < -0.39 is 21.3 Å². The zero-order chi connectivity index (χ0) is 23.6. The van der Waals surface area contributed by atoms with Crippen LogP contribution in [0.5, 0.6) is 11.6 Å². The highest BCUT2D eigenvalue weighted by atomic mass is 32.2. The molecule has 1 N–H and O–H groups in total. The zero-order valence-corrected chi connectivity index (χ0v) is 19.4. The maximum absolute atomic E-state index is 13.3. The number of ether oxygens (including phenoxy) is 3. The van der Waals surface area contributed by atoms with E-state index in [-0.39, 0.29) is 11.5 Å². The predicted octanol–water partition coefficient (Wildman–Crippen LogP) is 2.51. The molecule has 4 rings (SSSR count). The number of aryl methyl sites for hydroxylation is 1. The van der Waals surface area contributed by atoms with Crippen LogP contribution in [0.4, 0.5) is 0 Å². The summed E-state index contributed by atoms with van der Waals surface area (Å²) >= 11 is 0. The Morgan fingerprint density at radius 1 is 1.15 bits per heavy atom. The lowest BCUT2D eigenvalue weighted by Crippen LogP contribution is -2.39. The number of carbonyl (C=O) groups is 1. The number of sulfonamides is 1. The number of rotatable bonds is 9. The molecule has 0 unspecified atom stereocenters. The minimum atomic E-state index is -4.15. The van der Waals surface area contributed by atoms with Crippen molar-refractivity contribution in [1.82, 2.24) is 14.7 Å². The smallest absolute Gasteiger partial charge is 0.264 e. The topological polar surface area (TPSA) is 117 Å². The van der Waals surface area contributed by atoms with Crippen molar-refractivity contribution in [2.24, 2.45) is 0 Å². The summed E-state index contributed by atoms with van der Waals surface area (Å²) in [5.74, 6) is 0.0775. The first kappa shape index (κ1) is 22.9. The van der Waals surface area contributed by atoms with E-state index in [1.165, 1.54) is 19.4 Å². The average molecular weight is 472 g/mol. The third kappa shape index (κ3) is 4.49. The number of methoxy groups -OCH3 is 2. The van der Waals surface area contributed by atoms with Gasteiger partial charge in [-0.05, 0) is 44.0 Å². The Kier molecular flexibility index (Phi) is 6.22. The van der Waals surface area contributed by atoms with Gasteiger partial charge in [0, 0.05) is 29.8 Å². The van der Waals surface area contributed by atoms with Gasteiger partial charge in [-0.3, -0.25) is 9.78 Å². The molecule has 174 valence electrons. The van der Waals surface area contributed by atoms with Gasteiger partial charge in [0.15, 0.2) is 0 Å². The van der Waals surface area contributed by atoms with Crippen molar-refractivity contribution in [1.29, 1.82) is 0 Å². The maximum Gasteiger partial charge on any atom is 0.264 e. The number of nitrogens with zero attached hydrogens (tertiary/aromatic N) is 2. The third-order valence-electron chi connectivity index (χ3n) is 5.64. The van der Waals surface area contributed by atoms with Crippen molar-refractivity contribution in [2.45, 2.75) is 30.1 Å². The van der Waals surface area contributed by atoms with Gasteiger partial charge in [-0.15, -0.1) is 0 Å². The molecular formula is C23H25N3O6S. The molecule has 2 aromatic heterocycles. The minimum absolute atomic E-state index is 0.000488. The Labute approximate surface area is 192 Å². The molecule has 9 nitrogen and oxygen atoms in total. The van der Waals surface area contributed by atoms with E-state index in [9.17, 15) is 13.2 Å². The Hall–Kier alpha value is -3.24. The van der Waals surface area contributed by atoms with Gasteiger partial charge in [-0.1, -0.05) is 6.07 Å². The summed E-state index contributed by atoms with van der Waals surface area (Å²) < 4.78 is 44.7. The summed E-state index contributed by atoms with van der Waals surface area (Å²) in [6.45, 7) is 2.44. The number of carbonyl (C=O) groups excluding carboxylic acids is 1. The van der Waals surface area contributed by atoms with E-state index in [0.717, 1.165) is 5.69 Å². The second-order valence-corrected chi connectivity index (χ2v) is 9.51. The van der Waals surface area contributed by atoms with E-state index >= 15 is 0 Å². The Bertz CT molecular complexity index is 1300. The van der Waals surface area contributed by atoms with Gasteiger partial charge >= 0.3 is 0 Å². The molecule has 0 radical (unpaired) electrons. The van der Waals surface area contributed by atoms with Crippen molar-refractivity contribution < 1.29 is 27.4 Å². The summed E-state index contributed by atoms with van der Waals surface area (Å²) in [5.41, 5.74) is 0.795. The van der Waals surface area contributed by atoms with Crippen molar-refractivity contribution in [3.05, 3.63) is 53.9 Å². The van der Waals surface area contributed by atoms with Crippen molar-refractivity contribution >= 4 is 26.8 Å². The molecule has 0 bridgehead atoms. The lowest BCUT2D eigenvalue weighted by Gasteiger charge is -2.20. The molecule has 0 atom stereocenters. The van der Waals surface area contributed by atoms with Crippen molar-refractivity contribution in [2.75, 3.05) is 27.4 Å². The molecule has 33 heavy (non-hydrogen) atoms. The van der Waals surface area contributed by atoms with Crippen LogP contribution < -0.4 is 14.2 Å². The molecule has 0 spiro atoms. The number of hydrogen-bond acceptors (Lipinski definition) is 8. The lowest BCUT2D eigenvalue weighted by atomic mass is 9.95. The fraction of sp³-hybridized carbons (Fsp3) is 0.348. The van der Waals surface area contributed by atoms with E-state index in [4.69, 9.17) is 14.2 Å². The van der Waals surface area contributed by atoms with Crippen LogP contribution in [0.25, 0.3) is 10.9 Å². The standard InChI is InChI=1S/C23H25N3O6S/c1-15-7-8-16-18(25-15)5-4-6-20(16)33(28,29)26-22(27)23(9-10-23)17-13-21(31-3)24-14-19(17)32-12-11-30-2/h4-8,13-14H,9-12H2,1-3H3,(H,26,27). The molecule has 1 aliphatic rings. The quantitative estimate of drug-likeness (QED) is 0.473. The van der Waals surface area contributed by atoms with E-state index in [2.05, 4.69) is 14.7 Å². The number of nitrogens with one attached hydrogen (secondary N) is 1. The molecule has 0 aliphatic heterocycles. The zero-order valence-electron chi connectivity index (χ0n) is 18.6. The van der Waals surface area contributed by atoms with Crippen LogP contribution in [0.1, 0.15) is 24.1 Å². The molecule has 10 heteroatoms. The molecule has 0 saturated heterocycles. The summed E-state index contributed by atoms with van der Waals surface area (Å²) in [5, 5.41) is 0.447. The lowest BCUT2D eigenvalue weighted by molar-refractivity contribution is -0.121. The summed E-state index contributed by atoms with van der Waals surface area (Å²) in [7, 11) is -1.12. The number of amides is 1. The Morgan fingerprint density at radius 3 is 2.64 bits per heavy atom. The minimum Gasteiger partial charge on any atom is -0.489 e. The van der Waals surface area contributed by atoms with Gasteiger partial charge < -0.3 is 14.2 Å². The highest BCUT2D eigenvalue weighted by Gasteiger charge is 2.54. The second kappa shape index (κ2) is 8.95. The predicted molar refractivity (Wildman–Crippen MR) is 121 cm³/mol. The number of aromatic nitrogens is 2. The molecule has 3 aromatic rings. The SMILES string of the molecule is COCCOc1cnc(OC)cc1C1(C(=O)NS(=O)(=O)c2cccc3nc(C)ccc23)CC1. The Balaban J connectivity index is 1.67. The van der Waals surface area contributed by atoms with E-state index in [1.54, 1.807) is 37.4 Å². The largest absolute Gasteiger partial charge is 0.489 e. The molecule has 1 fully saturated rings. The van der Waals surface area contributed by atoms with Crippen LogP contribution >= 0.6 is 0 Å². The first-order valence-electron chi connectivity index (χ1n) is 10.4. The summed E-state index contributed by atoms with van der Waals surface area (Å²) in [4.78, 5) is 21.9. The van der Waals surface area contributed by atoms with E-state index in [0.29, 0.717) is 47.5 Å². The fourth-order valence-corrected chi connectivity index (χ4v) is 5.01. The molecular weight excluding hydrogens is 446 g/mol. The van der Waals surface area contributed by atoms with Gasteiger partial charge in [0.05, 0.1) is 35.7 Å². The van der Waals surface area contributed by atoms with Crippen LogP contribution in [-0.4, -0.2) is 51.7 Å². The van der Waals surface area contributed by atoms with Crippen molar-refractivity contribution in [3.63, 3.8) is 0 Å². The highest BCUT2D eigenvalue weighted by molar-refractivity contribution is 7.90. The number of pyridine rings is 2. The van der Waals surface area contributed by atoms with Gasteiger partial charge in [0.1, 0.15) is 12.4 Å². The molecule has 1 aromatic carbocycles. The molecule has 1 saturated carbocycles. The number of hydrogen-bond donors (Lipinski definition) is 1. The first-order valence-corrected chi connectivity index (χ1v) is 11.9. The first-order chi connectivity index (χ1) is 15.8. The van der Waals surface area contributed by atoms with Crippen LogP contribution in [0.2, 0.25) is 0 Å². The second-order valence-electron chi connectivity index (χ2n) is 7.86. The normalized spacial score (nSPS) is 14.6. The molecule has 1 amide bonds. The molecule has 2 heterocycles. The third-order valence-corrected chi connectivity index (χ3v) is 7.03. The highest BCUT2D eigenvalue weighted by Crippen LogP contribution is 2.52. The van der Waals surface area contributed by atoms with Gasteiger partial charge in [-0.25, -0.2) is 18.1 Å². The van der Waals surface area contributed by atoms with Gasteiger partial charge in [0.2, 0.25) is 11.8 Å². The summed E-state index contributed by atoms with van der Waals surface area (Å²) in [6.07, 6.45) is 2.42. The van der Waals surface area contributed by atoms with Gasteiger partial charge in [0.25, 0.3) is 10.0 Å². The van der Waals surface area contributed by atoms with Gasteiger partial charge in [-0.2, -0.15) is 0 Å². The Morgan fingerprint density at radius 2 is 1.94 bits per heavy atom. The van der Waals surface area contributed by atoms with Crippen molar-refractivity contribution in [3.8, 4) is 11.6 Å². The van der Waals surface area contributed by atoms with Crippen LogP contribution in [0, 0.1) is 6.92 Å². The monoisotopic (exact) mass is 471 g/mol. The van der Waals surface area contributed by atoms with E-state index in [1.807, 2.05) is 6.92 Å².